The minimum Gasteiger partial charge on any atom is -0.349 e. The van der Waals surface area contributed by atoms with E-state index in [1.807, 2.05) is 4.90 Å². The number of halogens is 2. The summed E-state index contributed by atoms with van der Waals surface area (Å²) in [7, 11) is -3.40. The van der Waals surface area contributed by atoms with Crippen molar-refractivity contribution >= 4 is 21.3 Å². The molecular formula is C20H18F2N6O2S. The average Bonchev–Trinajstić information content (AvgIpc) is 3.47. The van der Waals surface area contributed by atoms with E-state index < -0.39 is 21.5 Å². The Morgan fingerprint density at radius 3 is 2.74 bits per heavy atom. The molecule has 1 aliphatic rings. The SMILES string of the molecule is CS(=O)(=O)c1cnn(-c2cnn3ccc(N4CCC[C@H]4c4cc(F)ccc4F)nc23)c1. The fraction of sp³-hybridized carbons (Fsp3) is 0.250. The summed E-state index contributed by atoms with van der Waals surface area (Å²) < 4.78 is 54.7. The normalized spacial score (nSPS) is 17.0. The van der Waals surface area contributed by atoms with Gasteiger partial charge in [0.05, 0.1) is 18.4 Å². The van der Waals surface area contributed by atoms with Gasteiger partial charge in [-0.05, 0) is 37.1 Å². The van der Waals surface area contributed by atoms with Gasteiger partial charge in [-0.2, -0.15) is 10.2 Å². The first kappa shape index (κ1) is 19.6. The molecule has 160 valence electrons. The van der Waals surface area contributed by atoms with Crippen LogP contribution in [0.1, 0.15) is 24.4 Å². The number of sulfone groups is 1. The highest BCUT2D eigenvalue weighted by Gasteiger charge is 2.30. The number of fused-ring (bicyclic) bond motifs is 1. The Kier molecular flexibility index (Phi) is 4.50. The molecule has 0 bridgehead atoms. The van der Waals surface area contributed by atoms with Crippen LogP contribution >= 0.6 is 0 Å². The molecule has 1 fully saturated rings. The summed E-state index contributed by atoms with van der Waals surface area (Å²) in [4.78, 5) is 6.72. The Hall–Kier alpha value is -3.34. The van der Waals surface area contributed by atoms with Gasteiger partial charge < -0.3 is 4.90 Å². The number of nitrogens with zero attached hydrogens (tertiary/aromatic N) is 6. The summed E-state index contributed by atoms with van der Waals surface area (Å²) in [6.45, 7) is 0.646. The van der Waals surface area contributed by atoms with Gasteiger partial charge in [-0.1, -0.05) is 0 Å². The fourth-order valence-electron chi connectivity index (χ4n) is 3.93. The molecule has 0 saturated carbocycles. The van der Waals surface area contributed by atoms with Crippen molar-refractivity contribution in [2.24, 2.45) is 0 Å². The summed E-state index contributed by atoms with van der Waals surface area (Å²) in [5, 5.41) is 8.38. The summed E-state index contributed by atoms with van der Waals surface area (Å²) in [6, 6.07) is 4.92. The Morgan fingerprint density at radius 2 is 1.97 bits per heavy atom. The van der Waals surface area contributed by atoms with Crippen molar-refractivity contribution in [2.45, 2.75) is 23.8 Å². The molecule has 4 heterocycles. The summed E-state index contributed by atoms with van der Waals surface area (Å²) in [5.74, 6) is -0.338. The molecule has 0 unspecified atom stereocenters. The Bertz CT molecular complexity index is 1400. The molecule has 1 aromatic carbocycles. The minimum absolute atomic E-state index is 0.0872. The first-order valence-electron chi connectivity index (χ1n) is 9.62. The molecule has 1 atom stereocenters. The van der Waals surface area contributed by atoms with Gasteiger partial charge in [0.2, 0.25) is 0 Å². The maximum Gasteiger partial charge on any atom is 0.183 e. The molecule has 0 N–H and O–H groups in total. The lowest BCUT2D eigenvalue weighted by Crippen LogP contribution is -2.24. The quantitative estimate of drug-likeness (QED) is 0.481. The molecule has 0 aliphatic carbocycles. The molecule has 4 aromatic rings. The molecule has 0 radical (unpaired) electrons. The zero-order valence-corrected chi connectivity index (χ0v) is 17.3. The number of benzene rings is 1. The lowest BCUT2D eigenvalue weighted by Gasteiger charge is -2.26. The maximum atomic E-state index is 14.4. The van der Waals surface area contributed by atoms with Gasteiger partial charge >= 0.3 is 0 Å². The molecule has 0 spiro atoms. The van der Waals surface area contributed by atoms with E-state index in [-0.39, 0.29) is 10.9 Å². The second-order valence-electron chi connectivity index (χ2n) is 7.49. The van der Waals surface area contributed by atoms with E-state index in [1.165, 1.54) is 23.1 Å². The van der Waals surface area contributed by atoms with Crippen molar-refractivity contribution in [3.05, 3.63) is 66.3 Å². The number of hydrogen-bond donors (Lipinski definition) is 0. The van der Waals surface area contributed by atoms with Crippen LogP contribution in [-0.2, 0) is 9.84 Å². The summed E-state index contributed by atoms with van der Waals surface area (Å²) >= 11 is 0. The van der Waals surface area contributed by atoms with Crippen LogP contribution in [0.4, 0.5) is 14.6 Å². The maximum absolute atomic E-state index is 14.4. The van der Waals surface area contributed by atoms with Crippen molar-refractivity contribution < 1.29 is 17.2 Å². The van der Waals surface area contributed by atoms with Crippen LogP contribution in [0, 0.1) is 11.6 Å². The molecule has 11 heteroatoms. The van der Waals surface area contributed by atoms with Gasteiger partial charge in [0.25, 0.3) is 0 Å². The monoisotopic (exact) mass is 444 g/mol. The molecule has 0 amide bonds. The summed E-state index contributed by atoms with van der Waals surface area (Å²) in [6.07, 6.45) is 8.54. The first-order valence-corrected chi connectivity index (χ1v) is 11.5. The van der Waals surface area contributed by atoms with Gasteiger partial charge in [0.15, 0.2) is 15.5 Å². The smallest absolute Gasteiger partial charge is 0.183 e. The second-order valence-corrected chi connectivity index (χ2v) is 9.51. The molecular weight excluding hydrogens is 426 g/mol. The Morgan fingerprint density at radius 1 is 1.13 bits per heavy atom. The van der Waals surface area contributed by atoms with Crippen LogP contribution in [0.3, 0.4) is 0 Å². The largest absolute Gasteiger partial charge is 0.349 e. The highest BCUT2D eigenvalue weighted by Crippen LogP contribution is 2.37. The third-order valence-electron chi connectivity index (χ3n) is 5.43. The Labute approximate surface area is 176 Å². The van der Waals surface area contributed by atoms with E-state index in [4.69, 9.17) is 4.98 Å². The van der Waals surface area contributed by atoms with Crippen molar-refractivity contribution in [2.75, 3.05) is 17.7 Å². The van der Waals surface area contributed by atoms with Crippen LogP contribution in [0.5, 0.6) is 0 Å². The van der Waals surface area contributed by atoms with Crippen LogP contribution in [0.25, 0.3) is 11.3 Å². The standard InChI is InChI=1S/C20H18F2N6O2S/c1-31(29,30)14-10-23-28(12-14)18-11-24-27-8-6-19(25-20(18)27)26-7-2-3-17(26)15-9-13(21)4-5-16(15)22/h4-6,8-12,17H,2-3,7H2,1H3/t17-/m0/s1. The number of rotatable bonds is 4. The van der Waals surface area contributed by atoms with Crippen molar-refractivity contribution in [3.63, 3.8) is 0 Å². The predicted molar refractivity (Wildman–Crippen MR) is 109 cm³/mol. The van der Waals surface area contributed by atoms with Crippen LogP contribution in [0.15, 0.2) is 53.9 Å². The van der Waals surface area contributed by atoms with Gasteiger partial charge in [-0.25, -0.2) is 31.4 Å². The number of hydrogen-bond acceptors (Lipinski definition) is 6. The number of aromatic nitrogens is 5. The van der Waals surface area contributed by atoms with Gasteiger partial charge in [-0.15, -0.1) is 0 Å². The first-order chi connectivity index (χ1) is 14.8. The Balaban J connectivity index is 1.56. The van der Waals surface area contributed by atoms with Gasteiger partial charge in [-0.3, -0.25) is 0 Å². The van der Waals surface area contributed by atoms with Crippen molar-refractivity contribution in [1.29, 1.82) is 0 Å². The highest BCUT2D eigenvalue weighted by atomic mass is 32.2. The molecule has 8 nitrogen and oxygen atoms in total. The van der Waals surface area contributed by atoms with Gasteiger partial charge in [0.1, 0.15) is 28.0 Å². The topological polar surface area (TPSA) is 85.4 Å². The molecule has 3 aromatic heterocycles. The van der Waals surface area contributed by atoms with Crippen molar-refractivity contribution in [3.8, 4) is 5.69 Å². The summed E-state index contributed by atoms with van der Waals surface area (Å²) in [5.41, 5.74) is 1.27. The van der Waals surface area contributed by atoms with Crippen LogP contribution in [0.2, 0.25) is 0 Å². The van der Waals surface area contributed by atoms with E-state index in [1.54, 1.807) is 23.0 Å². The van der Waals surface area contributed by atoms with E-state index in [0.717, 1.165) is 24.8 Å². The van der Waals surface area contributed by atoms with Crippen molar-refractivity contribution in [1.82, 2.24) is 24.4 Å². The molecule has 31 heavy (non-hydrogen) atoms. The predicted octanol–water partition coefficient (Wildman–Crippen LogP) is 2.94. The van der Waals surface area contributed by atoms with Crippen LogP contribution in [-0.4, -0.2) is 45.6 Å². The zero-order chi connectivity index (χ0) is 21.8. The van der Waals surface area contributed by atoms with E-state index in [2.05, 4.69) is 10.2 Å². The molecule has 1 aliphatic heterocycles. The highest BCUT2D eigenvalue weighted by molar-refractivity contribution is 7.90. The number of anilines is 1. The average molecular weight is 444 g/mol. The van der Waals surface area contributed by atoms with E-state index >= 15 is 0 Å². The molecule has 5 rings (SSSR count). The second kappa shape index (κ2) is 7.12. The van der Waals surface area contributed by atoms with Gasteiger partial charge in [0, 0.05) is 30.8 Å². The third-order valence-corrected chi connectivity index (χ3v) is 6.50. The van der Waals surface area contributed by atoms with Crippen LogP contribution < -0.4 is 4.90 Å². The van der Waals surface area contributed by atoms with E-state index in [0.29, 0.717) is 35.7 Å². The molecule has 1 saturated heterocycles. The lowest BCUT2D eigenvalue weighted by molar-refractivity contribution is 0.560. The minimum atomic E-state index is -3.40. The third kappa shape index (κ3) is 3.44. The fourth-order valence-corrected chi connectivity index (χ4v) is 4.46. The lowest BCUT2D eigenvalue weighted by atomic mass is 10.0. The zero-order valence-electron chi connectivity index (χ0n) is 16.5. The van der Waals surface area contributed by atoms with E-state index in [9.17, 15) is 17.2 Å².